The Kier molecular flexibility index (Phi) is 3.48. The van der Waals surface area contributed by atoms with Crippen molar-refractivity contribution in [2.75, 3.05) is 7.11 Å². The summed E-state index contributed by atoms with van der Waals surface area (Å²) in [5, 5.41) is 18.1. The quantitative estimate of drug-likeness (QED) is 0.759. The number of aliphatic hydroxyl groups excluding tert-OH is 1. The van der Waals surface area contributed by atoms with E-state index in [1.54, 1.807) is 24.3 Å². The van der Waals surface area contributed by atoms with E-state index in [-0.39, 0.29) is 6.42 Å². The molecule has 0 fully saturated rings. The largest absolute Gasteiger partial charge is 0.496 e. The topological polar surface area (TPSA) is 66.8 Å². The summed E-state index contributed by atoms with van der Waals surface area (Å²) in [7, 11) is 1.48. The van der Waals surface area contributed by atoms with Gasteiger partial charge >= 0.3 is 5.97 Å². The van der Waals surface area contributed by atoms with E-state index in [2.05, 4.69) is 0 Å². The van der Waals surface area contributed by atoms with Crippen LogP contribution in [0, 0.1) is 0 Å². The van der Waals surface area contributed by atoms with E-state index in [9.17, 15) is 9.90 Å². The number of rotatable bonds is 4. The standard InChI is InChI=1S/C10H12O4/c1-14-9-5-3-2-4-7(9)8(11)6-10(12)13/h2-5,8,11H,6H2,1H3,(H,12,13)/t8-/m0/s1. The highest BCUT2D eigenvalue weighted by Gasteiger charge is 2.15. The van der Waals surface area contributed by atoms with Crippen LogP contribution in [-0.4, -0.2) is 23.3 Å². The van der Waals surface area contributed by atoms with Gasteiger partial charge in [-0.1, -0.05) is 18.2 Å². The average Bonchev–Trinajstić information content (AvgIpc) is 2.16. The predicted octanol–water partition coefficient (Wildman–Crippen LogP) is 1.20. The van der Waals surface area contributed by atoms with Gasteiger partial charge in [-0.15, -0.1) is 0 Å². The van der Waals surface area contributed by atoms with Gasteiger partial charge in [-0.25, -0.2) is 0 Å². The van der Waals surface area contributed by atoms with Crippen LogP contribution in [0.4, 0.5) is 0 Å². The SMILES string of the molecule is COc1ccccc1[C@@H](O)CC(=O)O. The number of carboxylic acids is 1. The van der Waals surface area contributed by atoms with Crippen LogP contribution in [0.1, 0.15) is 18.1 Å². The van der Waals surface area contributed by atoms with Crippen molar-refractivity contribution in [1.82, 2.24) is 0 Å². The molecule has 1 aromatic rings. The lowest BCUT2D eigenvalue weighted by atomic mass is 10.1. The second kappa shape index (κ2) is 4.62. The third-order valence-electron chi connectivity index (χ3n) is 1.87. The van der Waals surface area contributed by atoms with Gasteiger partial charge in [0.25, 0.3) is 0 Å². The smallest absolute Gasteiger partial charge is 0.306 e. The fraction of sp³-hybridized carbons (Fsp3) is 0.300. The number of ether oxygens (including phenoxy) is 1. The first kappa shape index (κ1) is 10.5. The second-order valence-corrected chi connectivity index (χ2v) is 2.86. The minimum absolute atomic E-state index is 0.319. The summed E-state index contributed by atoms with van der Waals surface area (Å²) in [5.41, 5.74) is 0.498. The van der Waals surface area contributed by atoms with E-state index < -0.39 is 12.1 Å². The average molecular weight is 196 g/mol. The molecule has 0 saturated heterocycles. The van der Waals surface area contributed by atoms with Crippen molar-refractivity contribution in [3.8, 4) is 5.75 Å². The highest BCUT2D eigenvalue weighted by Crippen LogP contribution is 2.26. The van der Waals surface area contributed by atoms with Gasteiger partial charge in [-0.05, 0) is 6.07 Å². The zero-order valence-corrected chi connectivity index (χ0v) is 7.80. The Hall–Kier alpha value is -1.55. The maximum atomic E-state index is 10.4. The first-order valence-electron chi connectivity index (χ1n) is 4.18. The molecule has 4 heteroatoms. The Morgan fingerprint density at radius 2 is 2.14 bits per heavy atom. The molecule has 0 aromatic heterocycles. The molecule has 76 valence electrons. The summed E-state index contributed by atoms with van der Waals surface area (Å²) in [5.74, 6) is -0.537. The Balaban J connectivity index is 2.87. The molecule has 0 heterocycles. The number of benzene rings is 1. The van der Waals surface area contributed by atoms with E-state index in [4.69, 9.17) is 9.84 Å². The molecule has 0 saturated carbocycles. The first-order valence-corrected chi connectivity index (χ1v) is 4.18. The molecule has 1 aromatic carbocycles. The van der Waals surface area contributed by atoms with Crippen LogP contribution in [0.3, 0.4) is 0 Å². The van der Waals surface area contributed by atoms with Crippen molar-refractivity contribution >= 4 is 5.97 Å². The summed E-state index contributed by atoms with van der Waals surface area (Å²) >= 11 is 0. The van der Waals surface area contributed by atoms with Crippen LogP contribution < -0.4 is 4.74 Å². The lowest BCUT2D eigenvalue weighted by Gasteiger charge is -2.12. The third kappa shape index (κ3) is 2.47. The predicted molar refractivity (Wildman–Crippen MR) is 50.2 cm³/mol. The van der Waals surface area contributed by atoms with Gasteiger partial charge in [-0.2, -0.15) is 0 Å². The van der Waals surface area contributed by atoms with Crippen LogP contribution in [0.2, 0.25) is 0 Å². The van der Waals surface area contributed by atoms with Gasteiger partial charge < -0.3 is 14.9 Å². The molecule has 0 aliphatic rings. The number of aliphatic carboxylic acids is 1. The first-order chi connectivity index (χ1) is 6.65. The summed E-state index contributed by atoms with van der Waals surface area (Å²) in [4.78, 5) is 10.4. The molecule has 0 amide bonds. The molecule has 0 bridgehead atoms. The fourth-order valence-corrected chi connectivity index (χ4v) is 1.22. The number of hydrogen-bond acceptors (Lipinski definition) is 3. The van der Waals surface area contributed by atoms with Crippen molar-refractivity contribution < 1.29 is 19.7 Å². The molecule has 0 aliphatic heterocycles. The number of para-hydroxylation sites is 1. The molecule has 4 nitrogen and oxygen atoms in total. The van der Waals surface area contributed by atoms with Crippen LogP contribution in [0.15, 0.2) is 24.3 Å². The van der Waals surface area contributed by atoms with Crippen LogP contribution in [0.5, 0.6) is 5.75 Å². The van der Waals surface area contributed by atoms with Crippen molar-refractivity contribution in [3.05, 3.63) is 29.8 Å². The van der Waals surface area contributed by atoms with E-state index in [0.29, 0.717) is 11.3 Å². The maximum Gasteiger partial charge on any atom is 0.306 e. The highest BCUT2D eigenvalue weighted by molar-refractivity contribution is 5.67. The van der Waals surface area contributed by atoms with Gasteiger partial charge in [0.2, 0.25) is 0 Å². The second-order valence-electron chi connectivity index (χ2n) is 2.86. The lowest BCUT2D eigenvalue weighted by molar-refractivity contribution is -0.139. The van der Waals surface area contributed by atoms with Gasteiger partial charge in [0, 0.05) is 5.56 Å². The normalized spacial score (nSPS) is 12.1. The van der Waals surface area contributed by atoms with E-state index in [0.717, 1.165) is 0 Å². The Bertz CT molecular complexity index is 322. The van der Waals surface area contributed by atoms with Crippen molar-refractivity contribution in [3.63, 3.8) is 0 Å². The molecule has 0 aliphatic carbocycles. The van der Waals surface area contributed by atoms with Crippen LogP contribution in [0.25, 0.3) is 0 Å². The van der Waals surface area contributed by atoms with Crippen molar-refractivity contribution in [2.24, 2.45) is 0 Å². The summed E-state index contributed by atoms with van der Waals surface area (Å²) in [6, 6.07) is 6.81. The minimum Gasteiger partial charge on any atom is -0.496 e. The highest BCUT2D eigenvalue weighted by atomic mass is 16.5. The zero-order valence-electron chi connectivity index (χ0n) is 7.80. The zero-order chi connectivity index (χ0) is 10.6. The van der Waals surface area contributed by atoms with E-state index in [1.807, 2.05) is 0 Å². The van der Waals surface area contributed by atoms with Gasteiger partial charge in [-0.3, -0.25) is 4.79 Å². The molecule has 1 rings (SSSR count). The molecule has 2 N–H and O–H groups in total. The minimum atomic E-state index is -1.04. The third-order valence-corrected chi connectivity index (χ3v) is 1.87. The molecule has 0 spiro atoms. The van der Waals surface area contributed by atoms with Crippen LogP contribution in [-0.2, 0) is 4.79 Å². The molecule has 0 unspecified atom stereocenters. The molecular formula is C10H12O4. The number of methoxy groups -OCH3 is 1. The van der Waals surface area contributed by atoms with Gasteiger partial charge in [0.05, 0.1) is 19.6 Å². The number of aliphatic hydroxyl groups is 1. The lowest BCUT2D eigenvalue weighted by Crippen LogP contribution is -2.06. The summed E-state index contributed by atoms with van der Waals surface area (Å²) < 4.78 is 5.00. The summed E-state index contributed by atoms with van der Waals surface area (Å²) in [6.45, 7) is 0. The number of carboxylic acid groups (broad SMARTS) is 1. The van der Waals surface area contributed by atoms with E-state index in [1.165, 1.54) is 7.11 Å². The van der Waals surface area contributed by atoms with E-state index >= 15 is 0 Å². The van der Waals surface area contributed by atoms with Crippen LogP contribution >= 0.6 is 0 Å². The van der Waals surface area contributed by atoms with Crippen molar-refractivity contribution in [1.29, 1.82) is 0 Å². The Labute approximate surface area is 81.8 Å². The Morgan fingerprint density at radius 3 is 2.71 bits per heavy atom. The summed E-state index contributed by atoms with van der Waals surface area (Å²) in [6.07, 6.45) is -1.34. The monoisotopic (exact) mass is 196 g/mol. The van der Waals surface area contributed by atoms with Gasteiger partial charge in [0.15, 0.2) is 0 Å². The van der Waals surface area contributed by atoms with Gasteiger partial charge in [0.1, 0.15) is 5.75 Å². The maximum absolute atomic E-state index is 10.4. The molecule has 0 radical (unpaired) electrons. The number of hydrogen-bond donors (Lipinski definition) is 2. The fourth-order valence-electron chi connectivity index (χ4n) is 1.22. The molecular weight excluding hydrogens is 184 g/mol. The molecule has 1 atom stereocenters. The molecule has 14 heavy (non-hydrogen) atoms. The Morgan fingerprint density at radius 1 is 1.50 bits per heavy atom. The number of carbonyl (C=O) groups is 1. The van der Waals surface area contributed by atoms with Crippen molar-refractivity contribution in [2.45, 2.75) is 12.5 Å².